The van der Waals surface area contributed by atoms with Crippen LogP contribution in [0.1, 0.15) is 30.4 Å². The van der Waals surface area contributed by atoms with Gasteiger partial charge in [0.2, 0.25) is 0 Å². The van der Waals surface area contributed by atoms with Crippen molar-refractivity contribution in [1.29, 1.82) is 0 Å². The molecule has 2 rings (SSSR count). The monoisotopic (exact) mass is 225 g/mol. The van der Waals surface area contributed by atoms with E-state index in [9.17, 15) is 0 Å². The van der Waals surface area contributed by atoms with Gasteiger partial charge >= 0.3 is 0 Å². The summed E-state index contributed by atoms with van der Waals surface area (Å²) in [5.74, 6) is 1.53. The molecule has 1 nitrogen and oxygen atoms in total. The van der Waals surface area contributed by atoms with Gasteiger partial charge in [-0.15, -0.1) is 12.4 Å². The minimum atomic E-state index is 0. The predicted octanol–water partition coefficient (Wildman–Crippen LogP) is 3.13. The van der Waals surface area contributed by atoms with Crippen molar-refractivity contribution in [1.82, 2.24) is 5.32 Å². The summed E-state index contributed by atoms with van der Waals surface area (Å²) < 4.78 is 0. The van der Waals surface area contributed by atoms with Gasteiger partial charge in [0.25, 0.3) is 0 Å². The Morgan fingerprint density at radius 2 is 1.87 bits per heavy atom. The van der Waals surface area contributed by atoms with Crippen molar-refractivity contribution in [2.24, 2.45) is 5.92 Å². The maximum absolute atomic E-state index is 3.45. The molecule has 0 aliphatic carbocycles. The van der Waals surface area contributed by atoms with Crippen LogP contribution in [-0.4, -0.2) is 13.1 Å². The highest BCUT2D eigenvalue weighted by Gasteiger charge is 2.21. The molecule has 1 saturated heterocycles. The summed E-state index contributed by atoms with van der Waals surface area (Å²) in [5.41, 5.74) is 2.87. The molecule has 2 heteroatoms. The van der Waals surface area contributed by atoms with Gasteiger partial charge in [0, 0.05) is 0 Å². The number of nitrogens with one attached hydrogen (secondary N) is 1. The third kappa shape index (κ3) is 2.96. The van der Waals surface area contributed by atoms with Crippen LogP contribution in [0.25, 0.3) is 0 Å². The van der Waals surface area contributed by atoms with Crippen LogP contribution in [0.3, 0.4) is 0 Å². The normalized spacial score (nSPS) is 25.7. The fraction of sp³-hybridized carbons (Fsp3) is 0.538. The van der Waals surface area contributed by atoms with Crippen LogP contribution in [-0.2, 0) is 0 Å². The highest BCUT2D eigenvalue weighted by molar-refractivity contribution is 5.85. The van der Waals surface area contributed by atoms with Crippen LogP contribution in [0, 0.1) is 12.8 Å². The second-order valence-electron chi connectivity index (χ2n) is 4.49. The van der Waals surface area contributed by atoms with E-state index in [-0.39, 0.29) is 12.4 Å². The summed E-state index contributed by atoms with van der Waals surface area (Å²) >= 11 is 0. The second kappa shape index (κ2) is 5.53. The van der Waals surface area contributed by atoms with E-state index in [4.69, 9.17) is 0 Å². The summed E-state index contributed by atoms with van der Waals surface area (Å²) in [6.07, 6.45) is 1.28. The van der Waals surface area contributed by atoms with Crippen molar-refractivity contribution < 1.29 is 0 Å². The number of hydrogen-bond donors (Lipinski definition) is 1. The first-order chi connectivity index (χ1) is 6.77. The zero-order valence-corrected chi connectivity index (χ0v) is 10.3. The zero-order valence-electron chi connectivity index (χ0n) is 9.49. The third-order valence-electron chi connectivity index (χ3n) is 3.29. The molecule has 0 saturated carbocycles. The number of rotatable bonds is 1. The molecule has 1 heterocycles. The largest absolute Gasteiger partial charge is 0.316 e. The van der Waals surface area contributed by atoms with Gasteiger partial charge in [-0.05, 0) is 43.8 Å². The molecule has 0 bridgehead atoms. The lowest BCUT2D eigenvalue weighted by atomic mass is 9.82. The van der Waals surface area contributed by atoms with Crippen molar-refractivity contribution in [2.45, 2.75) is 26.2 Å². The molecule has 1 N–H and O–H groups in total. The maximum atomic E-state index is 3.45. The zero-order chi connectivity index (χ0) is 9.97. The Labute approximate surface area is 98.7 Å². The maximum Gasteiger partial charge on any atom is -0.00173 e. The molecule has 2 unspecified atom stereocenters. The van der Waals surface area contributed by atoms with Crippen LogP contribution < -0.4 is 5.32 Å². The molecule has 0 amide bonds. The van der Waals surface area contributed by atoms with E-state index >= 15 is 0 Å². The lowest BCUT2D eigenvalue weighted by Crippen LogP contribution is -2.33. The van der Waals surface area contributed by atoms with Crippen LogP contribution in [0.5, 0.6) is 0 Å². The minimum absolute atomic E-state index is 0. The average Bonchev–Trinajstić information content (AvgIpc) is 2.20. The Bertz CT molecular complexity index is 294. The first-order valence-electron chi connectivity index (χ1n) is 5.54. The van der Waals surface area contributed by atoms with Crippen molar-refractivity contribution in [3.63, 3.8) is 0 Å². The standard InChI is InChI=1S/C13H19N.ClH/c1-10-3-5-12(6-4-10)13-7-8-14-9-11(13)2;/h3-6,11,13-14H,7-9H2,1-2H3;1H. The molecule has 1 aliphatic heterocycles. The topological polar surface area (TPSA) is 12.0 Å². The van der Waals surface area contributed by atoms with Gasteiger partial charge in [0.05, 0.1) is 0 Å². The van der Waals surface area contributed by atoms with Crippen molar-refractivity contribution in [3.8, 4) is 0 Å². The molecule has 1 aliphatic rings. The van der Waals surface area contributed by atoms with Crippen molar-refractivity contribution in [3.05, 3.63) is 35.4 Å². The molecule has 15 heavy (non-hydrogen) atoms. The molecule has 0 spiro atoms. The lowest BCUT2D eigenvalue weighted by Gasteiger charge is -2.29. The Morgan fingerprint density at radius 1 is 1.20 bits per heavy atom. The van der Waals surface area contributed by atoms with Crippen LogP contribution in [0.4, 0.5) is 0 Å². The van der Waals surface area contributed by atoms with Crippen molar-refractivity contribution in [2.75, 3.05) is 13.1 Å². The fourth-order valence-corrected chi connectivity index (χ4v) is 2.32. The second-order valence-corrected chi connectivity index (χ2v) is 4.49. The minimum Gasteiger partial charge on any atom is -0.316 e. The molecule has 0 aromatic heterocycles. The Kier molecular flexibility index (Phi) is 4.62. The summed E-state index contributed by atoms with van der Waals surface area (Å²) in [6.45, 7) is 6.83. The third-order valence-corrected chi connectivity index (χ3v) is 3.29. The molecule has 84 valence electrons. The van der Waals surface area contributed by atoms with Gasteiger partial charge in [-0.2, -0.15) is 0 Å². The number of piperidine rings is 1. The number of benzene rings is 1. The van der Waals surface area contributed by atoms with Crippen LogP contribution in [0.2, 0.25) is 0 Å². The van der Waals surface area contributed by atoms with Gasteiger partial charge < -0.3 is 5.32 Å². The highest BCUT2D eigenvalue weighted by atomic mass is 35.5. The first kappa shape index (κ1) is 12.5. The molecule has 1 aromatic rings. The van der Waals surface area contributed by atoms with E-state index in [1.54, 1.807) is 0 Å². The van der Waals surface area contributed by atoms with Crippen molar-refractivity contribution >= 4 is 12.4 Å². The van der Waals surface area contributed by atoms with E-state index < -0.39 is 0 Å². The van der Waals surface area contributed by atoms with Gasteiger partial charge in [0.1, 0.15) is 0 Å². The van der Waals surface area contributed by atoms with E-state index in [0.29, 0.717) is 0 Å². The van der Waals surface area contributed by atoms with Gasteiger partial charge in [-0.25, -0.2) is 0 Å². The van der Waals surface area contributed by atoms with E-state index in [1.165, 1.54) is 30.6 Å². The number of aryl methyl sites for hydroxylation is 1. The predicted molar refractivity (Wildman–Crippen MR) is 67.8 cm³/mol. The average molecular weight is 226 g/mol. The van der Waals surface area contributed by atoms with Crippen LogP contribution in [0.15, 0.2) is 24.3 Å². The Balaban J connectivity index is 0.00000112. The summed E-state index contributed by atoms with van der Waals surface area (Å²) in [7, 11) is 0. The Morgan fingerprint density at radius 3 is 2.47 bits per heavy atom. The van der Waals surface area contributed by atoms with E-state index in [2.05, 4.69) is 43.4 Å². The quantitative estimate of drug-likeness (QED) is 0.775. The summed E-state index contributed by atoms with van der Waals surface area (Å²) in [4.78, 5) is 0. The summed E-state index contributed by atoms with van der Waals surface area (Å²) in [6, 6.07) is 9.04. The van der Waals surface area contributed by atoms with Gasteiger partial charge in [-0.3, -0.25) is 0 Å². The molecule has 0 radical (unpaired) electrons. The smallest absolute Gasteiger partial charge is 0.00173 e. The first-order valence-corrected chi connectivity index (χ1v) is 5.54. The highest BCUT2D eigenvalue weighted by Crippen LogP contribution is 2.29. The van der Waals surface area contributed by atoms with E-state index in [1.807, 2.05) is 0 Å². The van der Waals surface area contributed by atoms with E-state index in [0.717, 1.165) is 11.8 Å². The SMILES string of the molecule is Cc1ccc(C2CCNCC2C)cc1.Cl. The summed E-state index contributed by atoms with van der Waals surface area (Å²) in [5, 5.41) is 3.45. The van der Waals surface area contributed by atoms with Gasteiger partial charge in [-0.1, -0.05) is 36.8 Å². The molecule has 1 aromatic carbocycles. The van der Waals surface area contributed by atoms with Crippen LogP contribution >= 0.6 is 12.4 Å². The number of halogens is 1. The Hall–Kier alpha value is -0.530. The lowest BCUT2D eigenvalue weighted by molar-refractivity contribution is 0.349. The fourth-order valence-electron chi connectivity index (χ4n) is 2.32. The van der Waals surface area contributed by atoms with Gasteiger partial charge in [0.15, 0.2) is 0 Å². The number of hydrogen-bond acceptors (Lipinski definition) is 1. The molecule has 1 fully saturated rings. The molecule has 2 atom stereocenters. The molecular weight excluding hydrogens is 206 g/mol. The molecular formula is C13H20ClN.